The first-order valence-corrected chi connectivity index (χ1v) is 8.44. The second-order valence-corrected chi connectivity index (χ2v) is 6.44. The van der Waals surface area contributed by atoms with Crippen molar-refractivity contribution in [3.8, 4) is 10.7 Å². The molecule has 0 saturated heterocycles. The molecule has 23 heavy (non-hydrogen) atoms. The maximum Gasteiger partial charge on any atom is 0.246 e. The maximum absolute atomic E-state index is 12.0. The Morgan fingerprint density at radius 3 is 3.09 bits per heavy atom. The third-order valence-electron chi connectivity index (χ3n) is 3.91. The van der Waals surface area contributed by atoms with E-state index in [4.69, 9.17) is 4.52 Å². The second kappa shape index (κ2) is 5.96. The van der Waals surface area contributed by atoms with E-state index in [1.807, 2.05) is 35.7 Å². The van der Waals surface area contributed by atoms with Gasteiger partial charge in [0, 0.05) is 17.7 Å². The maximum atomic E-state index is 12.0. The van der Waals surface area contributed by atoms with Crippen LogP contribution >= 0.6 is 11.3 Å². The van der Waals surface area contributed by atoms with Gasteiger partial charge in [-0.1, -0.05) is 17.3 Å². The van der Waals surface area contributed by atoms with Gasteiger partial charge in [-0.25, -0.2) is 0 Å². The average Bonchev–Trinajstić information content (AvgIpc) is 3.25. The molecule has 1 aromatic carbocycles. The van der Waals surface area contributed by atoms with Gasteiger partial charge in [0.2, 0.25) is 11.7 Å². The van der Waals surface area contributed by atoms with Gasteiger partial charge >= 0.3 is 0 Å². The minimum Gasteiger partial charge on any atom is -0.376 e. The first-order chi connectivity index (χ1) is 11.3. The smallest absolute Gasteiger partial charge is 0.246 e. The van der Waals surface area contributed by atoms with Gasteiger partial charge in [0.1, 0.15) is 0 Å². The minimum atomic E-state index is 0.229. The molecule has 0 saturated carbocycles. The zero-order valence-corrected chi connectivity index (χ0v) is 13.2. The number of ketones is 1. The summed E-state index contributed by atoms with van der Waals surface area (Å²) in [5.41, 5.74) is 2.88. The molecule has 0 unspecified atom stereocenters. The number of carbonyl (C=O) groups is 1. The van der Waals surface area contributed by atoms with Crippen molar-refractivity contribution in [3.63, 3.8) is 0 Å². The van der Waals surface area contributed by atoms with E-state index in [-0.39, 0.29) is 5.78 Å². The molecule has 5 nitrogen and oxygen atoms in total. The summed E-state index contributed by atoms with van der Waals surface area (Å²) in [4.78, 5) is 17.3. The van der Waals surface area contributed by atoms with Crippen LogP contribution in [0.1, 0.15) is 34.7 Å². The molecule has 0 fully saturated rings. The lowest BCUT2D eigenvalue weighted by Crippen LogP contribution is -2.11. The van der Waals surface area contributed by atoms with Gasteiger partial charge in [0.15, 0.2) is 5.78 Å². The molecule has 3 aromatic rings. The highest BCUT2D eigenvalue weighted by Gasteiger charge is 2.17. The molecule has 0 aliphatic heterocycles. The van der Waals surface area contributed by atoms with E-state index >= 15 is 0 Å². The molecule has 2 aromatic heterocycles. The van der Waals surface area contributed by atoms with Crippen LogP contribution in [0.25, 0.3) is 10.7 Å². The Morgan fingerprint density at radius 2 is 2.22 bits per heavy atom. The van der Waals surface area contributed by atoms with Crippen LogP contribution < -0.4 is 5.32 Å². The molecular weight excluding hydrogens is 310 g/mol. The number of anilines is 1. The highest BCUT2D eigenvalue weighted by molar-refractivity contribution is 7.13. The Kier molecular flexibility index (Phi) is 3.67. The largest absolute Gasteiger partial charge is 0.376 e. The van der Waals surface area contributed by atoms with E-state index in [0.29, 0.717) is 24.7 Å². The van der Waals surface area contributed by atoms with Crippen molar-refractivity contribution >= 4 is 22.8 Å². The molecule has 0 bridgehead atoms. The monoisotopic (exact) mass is 325 g/mol. The lowest BCUT2D eigenvalue weighted by atomic mass is 9.90. The van der Waals surface area contributed by atoms with Crippen LogP contribution in [-0.2, 0) is 13.0 Å². The van der Waals surface area contributed by atoms with Crippen molar-refractivity contribution in [1.29, 1.82) is 0 Å². The minimum absolute atomic E-state index is 0.229. The summed E-state index contributed by atoms with van der Waals surface area (Å²) in [5.74, 6) is 1.36. The first kappa shape index (κ1) is 14.1. The zero-order valence-electron chi connectivity index (χ0n) is 12.4. The molecule has 2 heterocycles. The van der Waals surface area contributed by atoms with E-state index < -0.39 is 0 Å². The molecule has 4 rings (SSSR count). The second-order valence-electron chi connectivity index (χ2n) is 5.49. The number of benzene rings is 1. The Morgan fingerprint density at radius 1 is 1.26 bits per heavy atom. The molecule has 1 aliphatic carbocycles. The summed E-state index contributed by atoms with van der Waals surface area (Å²) in [6, 6.07) is 9.86. The van der Waals surface area contributed by atoms with Crippen LogP contribution in [0.4, 0.5) is 5.69 Å². The molecular formula is C17H15N3O2S. The number of hydrogen-bond acceptors (Lipinski definition) is 6. The van der Waals surface area contributed by atoms with Gasteiger partial charge in [-0.3, -0.25) is 4.79 Å². The average molecular weight is 325 g/mol. The van der Waals surface area contributed by atoms with Crippen molar-refractivity contribution in [1.82, 2.24) is 10.1 Å². The van der Waals surface area contributed by atoms with Crippen molar-refractivity contribution in [3.05, 3.63) is 52.7 Å². The Bertz CT molecular complexity index is 839. The summed E-state index contributed by atoms with van der Waals surface area (Å²) >= 11 is 1.58. The predicted octanol–water partition coefficient (Wildman–Crippen LogP) is 3.93. The highest BCUT2D eigenvalue weighted by atomic mass is 32.1. The van der Waals surface area contributed by atoms with Crippen LogP contribution in [-0.4, -0.2) is 15.9 Å². The quantitative estimate of drug-likeness (QED) is 0.787. The fourth-order valence-corrected chi connectivity index (χ4v) is 3.40. The number of nitrogens with one attached hydrogen (secondary N) is 1. The molecule has 1 aliphatic rings. The fourth-order valence-electron chi connectivity index (χ4n) is 2.75. The summed E-state index contributed by atoms with van der Waals surface area (Å²) in [5, 5.41) is 9.21. The standard InChI is InChI=1S/C17H15N3O2S/c21-14-4-1-3-11-6-7-12(9-13(11)14)18-10-16-19-17(20-22-16)15-5-2-8-23-15/h2,5-9,18H,1,3-4,10H2. The summed E-state index contributed by atoms with van der Waals surface area (Å²) < 4.78 is 5.26. The molecule has 6 heteroatoms. The van der Waals surface area contributed by atoms with Crippen molar-refractivity contribution < 1.29 is 9.32 Å². The Balaban J connectivity index is 1.47. The summed E-state index contributed by atoms with van der Waals surface area (Å²) in [7, 11) is 0. The lowest BCUT2D eigenvalue weighted by Gasteiger charge is -2.15. The molecule has 0 spiro atoms. The SMILES string of the molecule is O=C1CCCc2ccc(NCc3nc(-c4cccs4)no3)cc21. The number of aromatic nitrogens is 2. The topological polar surface area (TPSA) is 68.0 Å². The molecule has 0 radical (unpaired) electrons. The molecule has 116 valence electrons. The number of nitrogens with zero attached hydrogens (tertiary/aromatic N) is 2. The van der Waals surface area contributed by atoms with Crippen molar-refractivity contribution in [2.45, 2.75) is 25.8 Å². The van der Waals surface area contributed by atoms with Gasteiger partial charge in [0.05, 0.1) is 11.4 Å². The third-order valence-corrected chi connectivity index (χ3v) is 4.78. The van der Waals surface area contributed by atoms with Crippen molar-refractivity contribution in [2.24, 2.45) is 0 Å². The van der Waals surface area contributed by atoms with Gasteiger partial charge in [-0.2, -0.15) is 4.98 Å². The summed E-state index contributed by atoms with van der Waals surface area (Å²) in [6.45, 7) is 0.436. The normalized spacial score (nSPS) is 13.8. The molecule has 0 amide bonds. The van der Waals surface area contributed by atoms with Crippen LogP contribution in [0.3, 0.4) is 0 Å². The van der Waals surface area contributed by atoms with Gasteiger partial charge in [-0.15, -0.1) is 11.3 Å². The van der Waals surface area contributed by atoms with Gasteiger partial charge in [-0.05, 0) is 42.0 Å². The Hall–Kier alpha value is -2.47. The van der Waals surface area contributed by atoms with E-state index in [9.17, 15) is 4.79 Å². The number of hydrogen-bond donors (Lipinski definition) is 1. The van der Waals surface area contributed by atoms with Crippen LogP contribution in [0, 0.1) is 0 Å². The van der Waals surface area contributed by atoms with Gasteiger partial charge < -0.3 is 9.84 Å². The van der Waals surface area contributed by atoms with E-state index in [1.54, 1.807) is 11.3 Å². The van der Waals surface area contributed by atoms with Crippen LogP contribution in [0.15, 0.2) is 40.2 Å². The lowest BCUT2D eigenvalue weighted by molar-refractivity contribution is 0.0972. The van der Waals surface area contributed by atoms with Gasteiger partial charge in [0.25, 0.3) is 0 Å². The number of fused-ring (bicyclic) bond motifs is 1. The van der Waals surface area contributed by atoms with Crippen molar-refractivity contribution in [2.75, 3.05) is 5.32 Å². The first-order valence-electron chi connectivity index (χ1n) is 7.56. The number of rotatable bonds is 4. The molecule has 1 N–H and O–H groups in total. The summed E-state index contributed by atoms with van der Waals surface area (Å²) in [6.07, 6.45) is 2.57. The van der Waals surface area contributed by atoms with E-state index in [0.717, 1.165) is 34.5 Å². The van der Waals surface area contributed by atoms with E-state index in [1.165, 1.54) is 0 Å². The molecule has 0 atom stereocenters. The number of carbonyl (C=O) groups excluding carboxylic acids is 1. The predicted molar refractivity (Wildman–Crippen MR) is 88.6 cm³/mol. The van der Waals surface area contributed by atoms with Crippen LogP contribution in [0.5, 0.6) is 0 Å². The number of Topliss-reactive ketones (excluding diaryl/α,β-unsaturated/α-hetero) is 1. The van der Waals surface area contributed by atoms with Crippen LogP contribution in [0.2, 0.25) is 0 Å². The number of thiophene rings is 1. The third kappa shape index (κ3) is 2.90. The Labute approximate surface area is 137 Å². The fraction of sp³-hybridized carbons (Fsp3) is 0.235. The zero-order chi connectivity index (χ0) is 15.6. The van der Waals surface area contributed by atoms with E-state index in [2.05, 4.69) is 15.5 Å². The highest BCUT2D eigenvalue weighted by Crippen LogP contribution is 2.25. The number of aryl methyl sites for hydroxylation is 1.